The van der Waals surface area contributed by atoms with Crippen molar-refractivity contribution >= 4 is 11.0 Å². The monoisotopic (exact) mass is 452 g/mol. The van der Waals surface area contributed by atoms with E-state index in [1.165, 1.54) is 7.11 Å². The minimum absolute atomic E-state index is 0.0105. The third kappa shape index (κ3) is 4.67. The average Bonchev–Trinajstić information content (AvgIpc) is 2.73. The first-order valence-electron chi connectivity index (χ1n) is 10.5. The quantitative estimate of drug-likeness (QED) is 0.227. The van der Waals surface area contributed by atoms with Gasteiger partial charge >= 0.3 is 0 Å². The highest BCUT2D eigenvalue weighted by atomic mass is 16.5. The van der Waals surface area contributed by atoms with Gasteiger partial charge in [0.1, 0.15) is 34.0 Å². The third-order valence-electron chi connectivity index (χ3n) is 5.28. The molecule has 33 heavy (non-hydrogen) atoms. The molecule has 2 aromatic carbocycles. The van der Waals surface area contributed by atoms with Gasteiger partial charge in [0.05, 0.1) is 12.7 Å². The van der Waals surface area contributed by atoms with E-state index in [0.29, 0.717) is 29.7 Å². The number of hydrogen-bond donors (Lipinski definition) is 4. The fourth-order valence-electron chi connectivity index (χ4n) is 3.60. The van der Waals surface area contributed by atoms with E-state index in [-0.39, 0.29) is 33.8 Å². The van der Waals surface area contributed by atoms with E-state index in [1.807, 2.05) is 39.8 Å². The van der Waals surface area contributed by atoms with E-state index >= 15 is 0 Å². The standard InChI is InChI=1S/C26H28O7/c1-13(2)6-8-15-24(31)23-21(30)12-22(17-10-19(28)20(29)11-18(17)27)33-26(23)16(25(15)32-5)9-7-14(3)4/h6-7,10-12,27-29,31H,8-9H2,1-5H3. The average molecular weight is 453 g/mol. The predicted molar refractivity (Wildman–Crippen MR) is 127 cm³/mol. The van der Waals surface area contributed by atoms with Gasteiger partial charge in [-0.25, -0.2) is 0 Å². The molecule has 1 heterocycles. The Morgan fingerprint density at radius 3 is 2.03 bits per heavy atom. The van der Waals surface area contributed by atoms with Gasteiger partial charge in [-0.15, -0.1) is 0 Å². The Hall–Kier alpha value is -3.87. The van der Waals surface area contributed by atoms with Gasteiger partial charge in [0.25, 0.3) is 0 Å². The number of methoxy groups -OCH3 is 1. The van der Waals surface area contributed by atoms with Crippen molar-refractivity contribution in [1.82, 2.24) is 0 Å². The van der Waals surface area contributed by atoms with Crippen molar-refractivity contribution in [3.8, 4) is 40.1 Å². The Morgan fingerprint density at radius 2 is 1.45 bits per heavy atom. The SMILES string of the molecule is COc1c(CC=C(C)C)c(O)c2c(=O)cc(-c3cc(O)c(O)cc3O)oc2c1CC=C(C)C. The van der Waals surface area contributed by atoms with Crippen LogP contribution in [0.5, 0.6) is 28.7 Å². The van der Waals surface area contributed by atoms with E-state index < -0.39 is 16.9 Å². The molecule has 174 valence electrons. The zero-order valence-corrected chi connectivity index (χ0v) is 19.3. The molecule has 0 amide bonds. The molecule has 0 bridgehead atoms. The van der Waals surface area contributed by atoms with Crippen LogP contribution >= 0.6 is 0 Å². The predicted octanol–water partition coefficient (Wildman–Crippen LogP) is 5.31. The molecule has 0 fully saturated rings. The number of phenols is 4. The second kappa shape index (κ2) is 9.32. The number of rotatable bonds is 6. The molecule has 4 N–H and O–H groups in total. The molecule has 0 saturated carbocycles. The summed E-state index contributed by atoms with van der Waals surface area (Å²) in [4.78, 5) is 13.2. The zero-order valence-electron chi connectivity index (χ0n) is 19.3. The lowest BCUT2D eigenvalue weighted by Crippen LogP contribution is -2.07. The molecule has 0 saturated heterocycles. The van der Waals surface area contributed by atoms with Crippen LogP contribution in [0.1, 0.15) is 38.8 Å². The number of fused-ring (bicyclic) bond motifs is 1. The van der Waals surface area contributed by atoms with Gasteiger partial charge in [-0.2, -0.15) is 0 Å². The largest absolute Gasteiger partial charge is 0.507 e. The molecule has 7 heteroatoms. The number of allylic oxidation sites excluding steroid dienone is 4. The molecule has 0 unspecified atom stereocenters. The molecule has 3 rings (SSSR count). The minimum atomic E-state index is -0.518. The summed E-state index contributed by atoms with van der Waals surface area (Å²) in [6, 6.07) is 3.19. The van der Waals surface area contributed by atoms with Crippen molar-refractivity contribution in [2.24, 2.45) is 0 Å². The first-order valence-corrected chi connectivity index (χ1v) is 10.5. The van der Waals surface area contributed by atoms with Gasteiger partial charge in [-0.1, -0.05) is 23.3 Å². The lowest BCUT2D eigenvalue weighted by Gasteiger charge is -2.17. The summed E-state index contributed by atoms with van der Waals surface area (Å²) in [6.45, 7) is 7.76. The summed E-state index contributed by atoms with van der Waals surface area (Å²) in [5, 5.41) is 40.8. The number of ether oxygens (including phenoxy) is 1. The topological polar surface area (TPSA) is 120 Å². The van der Waals surface area contributed by atoms with E-state index in [2.05, 4.69) is 0 Å². The van der Waals surface area contributed by atoms with Gasteiger partial charge < -0.3 is 29.6 Å². The van der Waals surface area contributed by atoms with Crippen LogP contribution in [0.4, 0.5) is 0 Å². The Kier molecular flexibility index (Phi) is 6.72. The number of hydrogen-bond acceptors (Lipinski definition) is 7. The van der Waals surface area contributed by atoms with Crippen molar-refractivity contribution in [1.29, 1.82) is 0 Å². The van der Waals surface area contributed by atoms with Crippen molar-refractivity contribution in [2.75, 3.05) is 7.11 Å². The summed E-state index contributed by atoms with van der Waals surface area (Å²) in [5.74, 6) is -1.21. The van der Waals surface area contributed by atoms with Gasteiger partial charge in [-0.3, -0.25) is 4.79 Å². The van der Waals surface area contributed by atoms with Gasteiger partial charge in [0, 0.05) is 23.3 Å². The molecule has 1 aromatic heterocycles. The molecule has 0 spiro atoms. The molecule has 3 aromatic rings. The highest BCUT2D eigenvalue weighted by Gasteiger charge is 2.24. The number of phenolic OH excluding ortho intramolecular Hbond substituents is 4. The Balaban J connectivity index is 2.43. The highest BCUT2D eigenvalue weighted by molar-refractivity contribution is 5.92. The Morgan fingerprint density at radius 1 is 0.879 bits per heavy atom. The molecule has 0 atom stereocenters. The molecule has 0 aliphatic rings. The van der Waals surface area contributed by atoms with E-state index in [0.717, 1.165) is 29.3 Å². The van der Waals surface area contributed by atoms with Gasteiger partial charge in [0.2, 0.25) is 0 Å². The van der Waals surface area contributed by atoms with E-state index in [4.69, 9.17) is 9.15 Å². The smallest absolute Gasteiger partial charge is 0.197 e. The van der Waals surface area contributed by atoms with Crippen molar-refractivity contribution in [3.63, 3.8) is 0 Å². The normalized spacial score (nSPS) is 10.8. The van der Waals surface area contributed by atoms with E-state index in [1.54, 1.807) is 0 Å². The minimum Gasteiger partial charge on any atom is -0.507 e. The maximum absolute atomic E-state index is 13.2. The summed E-state index contributed by atoms with van der Waals surface area (Å²) < 4.78 is 11.7. The van der Waals surface area contributed by atoms with Gasteiger partial charge in [0.15, 0.2) is 16.9 Å². The third-order valence-corrected chi connectivity index (χ3v) is 5.28. The van der Waals surface area contributed by atoms with Crippen LogP contribution in [0.15, 0.2) is 50.7 Å². The molecular weight excluding hydrogens is 424 g/mol. The first kappa shape index (κ1) is 23.8. The number of benzene rings is 2. The molecule has 0 aliphatic carbocycles. The highest BCUT2D eigenvalue weighted by Crippen LogP contribution is 2.43. The molecule has 0 aliphatic heterocycles. The second-order valence-corrected chi connectivity index (χ2v) is 8.35. The number of aromatic hydroxyl groups is 4. The van der Waals surface area contributed by atoms with Crippen molar-refractivity contribution < 1.29 is 29.6 Å². The molecule has 7 nitrogen and oxygen atoms in total. The Labute approximate surface area is 191 Å². The van der Waals surface area contributed by atoms with Crippen LogP contribution in [0.3, 0.4) is 0 Å². The van der Waals surface area contributed by atoms with Crippen molar-refractivity contribution in [2.45, 2.75) is 40.5 Å². The lowest BCUT2D eigenvalue weighted by molar-refractivity contribution is 0.396. The fourth-order valence-corrected chi connectivity index (χ4v) is 3.60. The molecule has 0 radical (unpaired) electrons. The fraction of sp³-hybridized carbons (Fsp3) is 0.269. The first-order chi connectivity index (χ1) is 15.5. The van der Waals surface area contributed by atoms with E-state index in [9.17, 15) is 25.2 Å². The second-order valence-electron chi connectivity index (χ2n) is 8.35. The van der Waals surface area contributed by atoms with Crippen LogP contribution in [0.25, 0.3) is 22.3 Å². The lowest BCUT2D eigenvalue weighted by atomic mass is 9.96. The van der Waals surface area contributed by atoms with Gasteiger partial charge in [-0.05, 0) is 46.6 Å². The summed E-state index contributed by atoms with van der Waals surface area (Å²) >= 11 is 0. The van der Waals surface area contributed by atoms with Crippen LogP contribution in [-0.4, -0.2) is 27.5 Å². The summed E-state index contributed by atoms with van der Waals surface area (Å²) in [6.07, 6.45) is 4.63. The summed E-state index contributed by atoms with van der Waals surface area (Å²) in [5.41, 5.74) is 2.77. The zero-order chi connectivity index (χ0) is 24.4. The van der Waals surface area contributed by atoms with Crippen LogP contribution in [0.2, 0.25) is 0 Å². The Bertz CT molecular complexity index is 1340. The van der Waals surface area contributed by atoms with Crippen molar-refractivity contribution in [3.05, 3.63) is 62.8 Å². The molecular formula is C26H28O7. The van der Waals surface area contributed by atoms with Crippen LogP contribution in [0, 0.1) is 0 Å². The summed E-state index contributed by atoms with van der Waals surface area (Å²) in [7, 11) is 1.49. The van der Waals surface area contributed by atoms with Crippen LogP contribution in [-0.2, 0) is 12.8 Å². The maximum atomic E-state index is 13.2. The maximum Gasteiger partial charge on any atom is 0.197 e. The van der Waals surface area contributed by atoms with Crippen LogP contribution < -0.4 is 10.2 Å².